The van der Waals surface area contributed by atoms with Crippen LogP contribution in [0.15, 0.2) is 6.20 Å². The largest absolute Gasteiger partial charge is 0.433 e. The molecule has 1 aromatic rings. The molecule has 5 nitrogen and oxygen atoms in total. The molecule has 9 heteroatoms. The first-order chi connectivity index (χ1) is 11.6. The molecule has 0 bridgehead atoms. The molecule has 1 aliphatic heterocycles. The van der Waals surface area contributed by atoms with Crippen LogP contribution < -0.4 is 5.32 Å². The average Bonchev–Trinajstić information content (AvgIpc) is 2.98. The smallest absolute Gasteiger partial charge is 0.339 e. The fraction of sp³-hybridized carbons (Fsp3) is 0.765. The minimum absolute atomic E-state index is 0. The number of carbonyl (C=O) groups is 1. The number of piperidine rings is 1. The van der Waals surface area contributed by atoms with E-state index < -0.39 is 23.3 Å². The number of rotatable bonds is 4. The molecule has 150 valence electrons. The molecule has 1 amide bonds. The molecule has 2 rings (SSSR count). The number of carbonyl (C=O) groups excluding carboxylic acids is 1. The number of aromatic nitrogens is 2. The van der Waals surface area contributed by atoms with Crippen molar-refractivity contribution in [2.45, 2.75) is 51.7 Å². The summed E-state index contributed by atoms with van der Waals surface area (Å²) in [5.74, 6) is -0.0641. The van der Waals surface area contributed by atoms with Crippen molar-refractivity contribution in [2.24, 2.45) is 5.92 Å². The van der Waals surface area contributed by atoms with Crippen molar-refractivity contribution >= 4 is 18.3 Å². The van der Waals surface area contributed by atoms with Crippen LogP contribution in [0.25, 0.3) is 0 Å². The van der Waals surface area contributed by atoms with E-state index in [2.05, 4.69) is 10.4 Å². The Morgan fingerprint density at radius 2 is 1.85 bits per heavy atom. The van der Waals surface area contributed by atoms with Gasteiger partial charge in [-0.1, -0.05) is 0 Å². The highest BCUT2D eigenvalue weighted by Crippen LogP contribution is 2.35. The third kappa shape index (κ3) is 5.13. The molecule has 0 atom stereocenters. The van der Waals surface area contributed by atoms with E-state index in [-0.39, 0.29) is 18.0 Å². The molecule has 1 fully saturated rings. The fourth-order valence-corrected chi connectivity index (χ4v) is 3.23. The summed E-state index contributed by atoms with van der Waals surface area (Å²) >= 11 is 0. The molecule has 1 aromatic heterocycles. The third-order valence-electron chi connectivity index (χ3n) is 4.61. The predicted molar refractivity (Wildman–Crippen MR) is 96.6 cm³/mol. The van der Waals surface area contributed by atoms with E-state index in [1.54, 1.807) is 20.8 Å². The van der Waals surface area contributed by atoms with Crippen LogP contribution in [0.2, 0.25) is 0 Å². The molecule has 0 aromatic carbocycles. The number of alkyl halides is 3. The predicted octanol–water partition coefficient (Wildman–Crippen LogP) is 3.54. The minimum Gasteiger partial charge on any atom is -0.339 e. The number of likely N-dealkylation sites (tertiary alicyclic amines) is 1. The summed E-state index contributed by atoms with van der Waals surface area (Å²) in [6, 6.07) is 0. The van der Waals surface area contributed by atoms with Crippen LogP contribution in [0.3, 0.4) is 0 Å². The SMILES string of the molecule is CNCCC1CCN(C(=O)c2cnn(C(C)(C)C)c2C(F)(F)F)CC1.Cl. The first-order valence-electron chi connectivity index (χ1n) is 8.65. The van der Waals surface area contributed by atoms with Crippen LogP contribution in [-0.4, -0.2) is 47.3 Å². The van der Waals surface area contributed by atoms with E-state index in [4.69, 9.17) is 0 Å². The highest BCUT2D eigenvalue weighted by atomic mass is 35.5. The second-order valence-corrected chi connectivity index (χ2v) is 7.62. The monoisotopic (exact) mass is 396 g/mol. The normalized spacial score (nSPS) is 16.5. The lowest BCUT2D eigenvalue weighted by atomic mass is 9.93. The summed E-state index contributed by atoms with van der Waals surface area (Å²) in [5.41, 5.74) is -2.16. The number of hydrogen-bond acceptors (Lipinski definition) is 3. The van der Waals surface area contributed by atoms with E-state index in [0.717, 1.165) is 36.7 Å². The molecule has 0 radical (unpaired) electrons. The van der Waals surface area contributed by atoms with Gasteiger partial charge in [-0.2, -0.15) is 18.3 Å². The Morgan fingerprint density at radius 3 is 2.31 bits per heavy atom. The van der Waals surface area contributed by atoms with Crippen molar-refractivity contribution in [3.05, 3.63) is 17.5 Å². The lowest BCUT2D eigenvalue weighted by molar-refractivity contribution is -0.146. The second kappa shape index (κ2) is 8.61. The van der Waals surface area contributed by atoms with Crippen molar-refractivity contribution in [3.8, 4) is 0 Å². The van der Waals surface area contributed by atoms with Crippen LogP contribution >= 0.6 is 12.4 Å². The van der Waals surface area contributed by atoms with Gasteiger partial charge in [0.25, 0.3) is 5.91 Å². The first-order valence-corrected chi connectivity index (χ1v) is 8.65. The summed E-state index contributed by atoms with van der Waals surface area (Å²) < 4.78 is 41.6. The van der Waals surface area contributed by atoms with Gasteiger partial charge in [-0.15, -0.1) is 12.4 Å². The number of amides is 1. The summed E-state index contributed by atoms with van der Waals surface area (Å²) in [5, 5.41) is 6.97. The Kier molecular flexibility index (Phi) is 7.53. The zero-order valence-corrected chi connectivity index (χ0v) is 16.5. The van der Waals surface area contributed by atoms with E-state index >= 15 is 0 Å². The van der Waals surface area contributed by atoms with Crippen LogP contribution in [0.1, 0.15) is 56.1 Å². The molecule has 1 saturated heterocycles. The standard InChI is InChI=1S/C17H27F3N4O.ClH/c1-16(2,3)24-14(17(18,19)20)13(11-22-24)15(25)23-9-6-12(7-10-23)5-8-21-4;/h11-12,21H,5-10H2,1-4H3;1H. The fourth-order valence-electron chi connectivity index (χ4n) is 3.23. The molecule has 0 unspecified atom stereocenters. The van der Waals surface area contributed by atoms with E-state index in [1.807, 2.05) is 7.05 Å². The quantitative estimate of drug-likeness (QED) is 0.846. The zero-order chi connectivity index (χ0) is 18.8. The lowest BCUT2D eigenvalue weighted by Crippen LogP contribution is -2.40. The van der Waals surface area contributed by atoms with Crippen molar-refractivity contribution in [1.29, 1.82) is 0 Å². The first kappa shape index (κ1) is 22.8. The van der Waals surface area contributed by atoms with Crippen molar-refractivity contribution < 1.29 is 18.0 Å². The number of nitrogens with zero attached hydrogens (tertiary/aromatic N) is 3. The zero-order valence-electron chi connectivity index (χ0n) is 15.7. The molecule has 0 spiro atoms. The van der Waals surface area contributed by atoms with Gasteiger partial charge in [0.05, 0.1) is 17.3 Å². The van der Waals surface area contributed by atoms with E-state index in [9.17, 15) is 18.0 Å². The molecule has 0 aliphatic carbocycles. The molecular weight excluding hydrogens is 369 g/mol. The Hall–Kier alpha value is -1.28. The van der Waals surface area contributed by atoms with E-state index in [1.165, 1.54) is 4.90 Å². The van der Waals surface area contributed by atoms with Gasteiger partial charge in [0.2, 0.25) is 0 Å². The Bertz CT molecular complexity index is 602. The second-order valence-electron chi connectivity index (χ2n) is 7.62. The topological polar surface area (TPSA) is 50.2 Å². The van der Waals surface area contributed by atoms with Crippen LogP contribution in [0.4, 0.5) is 13.2 Å². The highest BCUT2D eigenvalue weighted by molar-refractivity contribution is 5.95. The average molecular weight is 397 g/mol. The van der Waals surface area contributed by atoms with Crippen molar-refractivity contribution in [3.63, 3.8) is 0 Å². The van der Waals surface area contributed by atoms with Crippen LogP contribution in [0.5, 0.6) is 0 Å². The summed E-state index contributed by atoms with van der Waals surface area (Å²) in [4.78, 5) is 14.2. The van der Waals surface area contributed by atoms with Crippen molar-refractivity contribution in [2.75, 3.05) is 26.7 Å². The molecule has 1 aliphatic rings. The van der Waals surface area contributed by atoms with Crippen molar-refractivity contribution in [1.82, 2.24) is 20.0 Å². The lowest BCUT2D eigenvalue weighted by Gasteiger charge is -2.32. The van der Waals surface area contributed by atoms with Gasteiger partial charge in [0.15, 0.2) is 5.69 Å². The van der Waals surface area contributed by atoms with Gasteiger partial charge in [-0.05, 0) is 59.5 Å². The van der Waals surface area contributed by atoms with Gasteiger partial charge in [0, 0.05) is 13.1 Å². The van der Waals surface area contributed by atoms with Crippen LogP contribution in [-0.2, 0) is 11.7 Å². The molecule has 1 N–H and O–H groups in total. The van der Waals surface area contributed by atoms with Gasteiger partial charge in [0.1, 0.15) is 0 Å². The summed E-state index contributed by atoms with van der Waals surface area (Å²) in [6.45, 7) is 6.80. The van der Waals surface area contributed by atoms with Gasteiger partial charge >= 0.3 is 6.18 Å². The maximum absolute atomic E-state index is 13.6. The summed E-state index contributed by atoms with van der Waals surface area (Å²) in [7, 11) is 1.89. The molecule has 0 saturated carbocycles. The maximum Gasteiger partial charge on any atom is 0.433 e. The van der Waals surface area contributed by atoms with Crippen LogP contribution in [0, 0.1) is 5.92 Å². The van der Waals surface area contributed by atoms with Gasteiger partial charge in [-0.3, -0.25) is 9.48 Å². The molecule has 2 heterocycles. The molecular formula is C17H28ClF3N4O. The maximum atomic E-state index is 13.6. The highest BCUT2D eigenvalue weighted by Gasteiger charge is 2.43. The third-order valence-corrected chi connectivity index (χ3v) is 4.61. The Labute approximate surface area is 158 Å². The van der Waals surface area contributed by atoms with Gasteiger partial charge in [-0.25, -0.2) is 0 Å². The number of nitrogens with one attached hydrogen (secondary N) is 1. The Balaban J connectivity index is 0.00000338. The minimum atomic E-state index is -4.63. The van der Waals surface area contributed by atoms with Gasteiger partial charge < -0.3 is 10.2 Å². The molecule has 26 heavy (non-hydrogen) atoms. The Morgan fingerprint density at radius 1 is 1.27 bits per heavy atom. The van der Waals surface area contributed by atoms with E-state index in [0.29, 0.717) is 19.0 Å². The summed E-state index contributed by atoms with van der Waals surface area (Å²) in [6.07, 6.45) is -0.901. The number of halogens is 4. The number of hydrogen-bond donors (Lipinski definition) is 1.